The van der Waals surface area contributed by atoms with E-state index >= 15 is 0 Å². The molecule has 3 rings (SSSR count). The van der Waals surface area contributed by atoms with Crippen LogP contribution in [0.2, 0.25) is 0 Å². The van der Waals surface area contributed by atoms with Crippen molar-refractivity contribution < 1.29 is 14.0 Å². The summed E-state index contributed by atoms with van der Waals surface area (Å²) in [5.74, 6) is -1.15. The second kappa shape index (κ2) is 9.05. The molecule has 1 fully saturated rings. The number of benzene rings is 2. The minimum Gasteiger partial charge on any atom is -0.324 e. The molecular weight excluding hydrogens is 389 g/mol. The third-order valence-corrected chi connectivity index (χ3v) is 5.74. The van der Waals surface area contributed by atoms with Gasteiger partial charge in [-0.05, 0) is 49.2 Å². The number of aryl methyl sites for hydroxylation is 2. The van der Waals surface area contributed by atoms with E-state index in [0.717, 1.165) is 16.8 Å². The molecule has 0 aromatic heterocycles. The number of carbonyl (C=O) groups is 2. The van der Waals surface area contributed by atoms with Gasteiger partial charge in [0.1, 0.15) is 11.1 Å². The highest BCUT2D eigenvalue weighted by Gasteiger charge is 2.38. The van der Waals surface area contributed by atoms with Crippen molar-refractivity contribution in [2.45, 2.75) is 25.5 Å². The number of nitrogens with one attached hydrogen (secondary N) is 1. The number of para-hydroxylation sites is 1. The highest BCUT2D eigenvalue weighted by molar-refractivity contribution is 8.15. The van der Waals surface area contributed by atoms with Crippen LogP contribution in [0.25, 0.3) is 0 Å². The van der Waals surface area contributed by atoms with Crippen LogP contribution >= 0.6 is 11.8 Å². The first-order valence-electron chi connectivity index (χ1n) is 9.18. The van der Waals surface area contributed by atoms with Gasteiger partial charge >= 0.3 is 0 Å². The van der Waals surface area contributed by atoms with Gasteiger partial charge in [0.2, 0.25) is 11.8 Å². The van der Waals surface area contributed by atoms with Crippen molar-refractivity contribution in [1.29, 1.82) is 0 Å². The van der Waals surface area contributed by atoms with Crippen LogP contribution in [0.3, 0.4) is 0 Å². The molecule has 1 N–H and O–H groups in total. The molecule has 1 atom stereocenters. The zero-order valence-electron chi connectivity index (χ0n) is 16.3. The van der Waals surface area contributed by atoms with Crippen molar-refractivity contribution in [2.24, 2.45) is 4.99 Å². The number of hydrogen-bond donors (Lipinski definition) is 1. The van der Waals surface area contributed by atoms with E-state index in [1.165, 1.54) is 28.8 Å². The van der Waals surface area contributed by atoms with Crippen molar-refractivity contribution in [1.82, 2.24) is 4.90 Å². The average molecular weight is 412 g/mol. The summed E-state index contributed by atoms with van der Waals surface area (Å²) in [7, 11) is 0. The number of hydrogen-bond acceptors (Lipinski definition) is 4. The summed E-state index contributed by atoms with van der Waals surface area (Å²) in [4.78, 5) is 31.3. The predicted octanol–water partition coefficient (Wildman–Crippen LogP) is 4.59. The van der Waals surface area contributed by atoms with Gasteiger partial charge in [0.05, 0.1) is 11.4 Å². The molecule has 1 aliphatic heterocycles. The Hall–Kier alpha value is -2.93. The number of halogens is 1. The fourth-order valence-electron chi connectivity index (χ4n) is 2.86. The summed E-state index contributed by atoms with van der Waals surface area (Å²) in [6.07, 6.45) is 1.55. The molecule has 29 heavy (non-hydrogen) atoms. The maximum Gasteiger partial charge on any atom is 0.242 e. The molecule has 0 radical (unpaired) electrons. The molecule has 7 heteroatoms. The first-order chi connectivity index (χ1) is 13.9. The van der Waals surface area contributed by atoms with E-state index in [9.17, 15) is 14.0 Å². The molecule has 5 nitrogen and oxygen atoms in total. The van der Waals surface area contributed by atoms with Crippen LogP contribution in [0.15, 0.2) is 60.1 Å². The molecule has 150 valence electrons. The molecule has 1 saturated heterocycles. The van der Waals surface area contributed by atoms with Crippen LogP contribution in [0, 0.1) is 19.7 Å². The summed E-state index contributed by atoms with van der Waals surface area (Å²) in [5.41, 5.74) is 3.11. The summed E-state index contributed by atoms with van der Waals surface area (Å²) in [6, 6.07) is 11.8. The smallest absolute Gasteiger partial charge is 0.242 e. The normalized spacial score (nSPS) is 17.6. The number of thioether (sulfide) groups is 1. The summed E-state index contributed by atoms with van der Waals surface area (Å²) < 4.78 is 13.7. The SMILES string of the molecule is C=CCN1C(=O)[C@@H](CC(=O)Nc2ccccc2F)SC1=Nc1ccc(C)c(C)c1. The van der Waals surface area contributed by atoms with Gasteiger partial charge in [-0.15, -0.1) is 6.58 Å². The minimum atomic E-state index is -0.619. The molecule has 0 spiro atoms. The maximum absolute atomic E-state index is 13.7. The minimum absolute atomic E-state index is 0.0720. The third-order valence-electron chi connectivity index (χ3n) is 4.57. The second-order valence-electron chi connectivity index (χ2n) is 6.74. The molecule has 2 amide bonds. The Morgan fingerprint density at radius 1 is 1.28 bits per heavy atom. The molecule has 1 aliphatic rings. The average Bonchev–Trinajstić information content (AvgIpc) is 2.95. The second-order valence-corrected chi connectivity index (χ2v) is 7.91. The molecule has 0 saturated carbocycles. The first-order valence-corrected chi connectivity index (χ1v) is 10.1. The van der Waals surface area contributed by atoms with Crippen LogP contribution in [0.1, 0.15) is 17.5 Å². The van der Waals surface area contributed by atoms with Crippen molar-refractivity contribution >= 4 is 40.1 Å². The Morgan fingerprint density at radius 2 is 2.03 bits per heavy atom. The topological polar surface area (TPSA) is 61.8 Å². The van der Waals surface area contributed by atoms with Gasteiger partial charge in [-0.1, -0.05) is 36.0 Å². The summed E-state index contributed by atoms with van der Waals surface area (Å²) in [6.45, 7) is 8.03. The third kappa shape index (κ3) is 4.92. The lowest BCUT2D eigenvalue weighted by molar-refractivity contribution is -0.127. The summed E-state index contributed by atoms with van der Waals surface area (Å²) >= 11 is 1.24. The Bertz CT molecular complexity index is 990. The van der Waals surface area contributed by atoms with E-state index in [4.69, 9.17) is 0 Å². The van der Waals surface area contributed by atoms with Gasteiger partial charge in [0.15, 0.2) is 5.17 Å². The number of rotatable bonds is 6. The van der Waals surface area contributed by atoms with Crippen LogP contribution < -0.4 is 5.32 Å². The molecule has 1 heterocycles. The van der Waals surface area contributed by atoms with Crippen LogP contribution in [0.5, 0.6) is 0 Å². The first kappa shape index (κ1) is 20.8. The van der Waals surface area contributed by atoms with Crippen molar-refractivity contribution in [3.63, 3.8) is 0 Å². The Morgan fingerprint density at radius 3 is 2.72 bits per heavy atom. The fourth-order valence-corrected chi connectivity index (χ4v) is 4.03. The molecule has 0 bridgehead atoms. The quantitative estimate of drug-likeness (QED) is 0.708. The molecule has 2 aromatic carbocycles. The highest BCUT2D eigenvalue weighted by atomic mass is 32.2. The van der Waals surface area contributed by atoms with Gasteiger partial charge in [-0.25, -0.2) is 9.38 Å². The largest absolute Gasteiger partial charge is 0.324 e. The molecular formula is C22H22FN3O2S. The number of anilines is 1. The van der Waals surface area contributed by atoms with Crippen molar-refractivity contribution in [2.75, 3.05) is 11.9 Å². The van der Waals surface area contributed by atoms with Crippen molar-refractivity contribution in [3.05, 3.63) is 72.1 Å². The van der Waals surface area contributed by atoms with Gasteiger partial charge < -0.3 is 5.32 Å². The van der Waals surface area contributed by atoms with Crippen LogP contribution in [-0.4, -0.2) is 33.7 Å². The number of nitrogens with zero attached hydrogens (tertiary/aromatic N) is 2. The molecule has 0 unspecified atom stereocenters. The Labute approximate surface area is 173 Å². The number of carbonyl (C=O) groups excluding carboxylic acids is 2. The van der Waals surface area contributed by atoms with Gasteiger partial charge in [0, 0.05) is 13.0 Å². The Balaban J connectivity index is 1.76. The lowest BCUT2D eigenvalue weighted by atomic mass is 10.1. The Kier molecular flexibility index (Phi) is 6.49. The number of amides is 2. The van der Waals surface area contributed by atoms with Crippen LogP contribution in [0.4, 0.5) is 15.8 Å². The zero-order chi connectivity index (χ0) is 21.0. The lowest BCUT2D eigenvalue weighted by Gasteiger charge is -2.14. The monoisotopic (exact) mass is 411 g/mol. The van der Waals surface area contributed by atoms with Gasteiger partial charge in [-0.2, -0.15) is 0 Å². The van der Waals surface area contributed by atoms with E-state index in [0.29, 0.717) is 11.7 Å². The fraction of sp³-hybridized carbons (Fsp3) is 0.227. The standard InChI is InChI=1S/C22H22FN3O2S/c1-4-11-26-21(28)19(13-20(27)25-18-8-6-5-7-17(18)23)29-22(26)24-16-10-9-14(2)15(3)12-16/h4-10,12,19H,1,11,13H2,2-3H3,(H,25,27)/t19-/m1/s1. The van der Waals surface area contributed by atoms with Crippen molar-refractivity contribution in [3.8, 4) is 0 Å². The van der Waals surface area contributed by atoms with E-state index < -0.39 is 17.0 Å². The van der Waals surface area contributed by atoms with E-state index in [1.807, 2.05) is 32.0 Å². The highest BCUT2D eigenvalue weighted by Crippen LogP contribution is 2.32. The number of amidine groups is 1. The zero-order valence-corrected chi connectivity index (χ0v) is 17.1. The predicted molar refractivity (Wildman–Crippen MR) is 116 cm³/mol. The molecule has 2 aromatic rings. The van der Waals surface area contributed by atoms with Crippen LogP contribution in [-0.2, 0) is 9.59 Å². The van der Waals surface area contributed by atoms with E-state index in [1.54, 1.807) is 18.2 Å². The molecule has 0 aliphatic carbocycles. The van der Waals surface area contributed by atoms with Gasteiger partial charge in [0.25, 0.3) is 0 Å². The maximum atomic E-state index is 13.7. The van der Waals surface area contributed by atoms with E-state index in [2.05, 4.69) is 16.9 Å². The summed E-state index contributed by atoms with van der Waals surface area (Å²) in [5, 5.41) is 2.44. The number of aliphatic imine (C=N–C) groups is 1. The van der Waals surface area contributed by atoms with E-state index in [-0.39, 0.29) is 18.0 Å². The lowest BCUT2D eigenvalue weighted by Crippen LogP contribution is -2.33. The van der Waals surface area contributed by atoms with Gasteiger partial charge in [-0.3, -0.25) is 14.5 Å².